The van der Waals surface area contributed by atoms with Gasteiger partial charge in [-0.05, 0) is 54.4 Å². The van der Waals surface area contributed by atoms with Gasteiger partial charge in [-0.2, -0.15) is 0 Å². The molecule has 3 heteroatoms. The van der Waals surface area contributed by atoms with Gasteiger partial charge in [0.2, 0.25) is 0 Å². The van der Waals surface area contributed by atoms with Gasteiger partial charge in [0.25, 0.3) is 0 Å². The number of hydrogen-bond donors (Lipinski definition) is 1. The van der Waals surface area contributed by atoms with E-state index in [2.05, 4.69) is 61.6 Å². The Bertz CT molecular complexity index is 860. The van der Waals surface area contributed by atoms with Crippen LogP contribution < -0.4 is 14.8 Å². The Morgan fingerprint density at radius 3 is 2.24 bits per heavy atom. The highest BCUT2D eigenvalue weighted by atomic mass is 16.5. The number of benzene rings is 3. The molecule has 3 aromatic rings. The summed E-state index contributed by atoms with van der Waals surface area (Å²) in [5, 5.41) is 6.20. The van der Waals surface area contributed by atoms with Crippen LogP contribution in [0.4, 0.5) is 0 Å². The SMILES string of the molecule is COc1ccc(OC)c([C@H](C)N[C@H](C)c2ccc3ccccc3c2)c1. The van der Waals surface area contributed by atoms with Crippen molar-refractivity contribution in [1.29, 1.82) is 0 Å². The third-order valence-electron chi connectivity index (χ3n) is 4.68. The molecule has 0 aliphatic heterocycles. The summed E-state index contributed by atoms with van der Waals surface area (Å²) in [4.78, 5) is 0. The molecular weight excluding hydrogens is 310 g/mol. The maximum absolute atomic E-state index is 5.52. The molecule has 0 unspecified atom stereocenters. The fourth-order valence-corrected chi connectivity index (χ4v) is 3.22. The Labute approximate surface area is 149 Å². The molecule has 2 atom stereocenters. The van der Waals surface area contributed by atoms with E-state index in [-0.39, 0.29) is 12.1 Å². The van der Waals surface area contributed by atoms with E-state index in [9.17, 15) is 0 Å². The average Bonchev–Trinajstić information content (AvgIpc) is 2.66. The van der Waals surface area contributed by atoms with E-state index < -0.39 is 0 Å². The van der Waals surface area contributed by atoms with E-state index in [1.165, 1.54) is 16.3 Å². The first kappa shape index (κ1) is 17.3. The Balaban J connectivity index is 1.82. The van der Waals surface area contributed by atoms with E-state index in [1.54, 1.807) is 14.2 Å². The minimum atomic E-state index is 0.131. The van der Waals surface area contributed by atoms with Gasteiger partial charge in [0.15, 0.2) is 0 Å². The highest BCUT2D eigenvalue weighted by Gasteiger charge is 2.16. The zero-order valence-electron chi connectivity index (χ0n) is 15.2. The van der Waals surface area contributed by atoms with Crippen molar-refractivity contribution >= 4 is 10.8 Å². The van der Waals surface area contributed by atoms with Crippen LogP contribution in [0.15, 0.2) is 60.7 Å². The predicted octanol–water partition coefficient (Wildman–Crippen LogP) is 5.27. The summed E-state index contributed by atoms with van der Waals surface area (Å²) >= 11 is 0. The normalized spacial score (nSPS) is 13.4. The van der Waals surface area contributed by atoms with Crippen LogP contribution in [-0.2, 0) is 0 Å². The number of nitrogens with one attached hydrogen (secondary N) is 1. The second-order valence-corrected chi connectivity index (χ2v) is 6.32. The first-order chi connectivity index (χ1) is 12.1. The molecule has 0 spiro atoms. The van der Waals surface area contributed by atoms with Crippen molar-refractivity contribution in [2.45, 2.75) is 25.9 Å². The molecule has 0 heterocycles. The highest BCUT2D eigenvalue weighted by molar-refractivity contribution is 5.83. The van der Waals surface area contributed by atoms with E-state index in [4.69, 9.17) is 9.47 Å². The number of rotatable bonds is 6. The van der Waals surface area contributed by atoms with E-state index in [0.717, 1.165) is 17.1 Å². The summed E-state index contributed by atoms with van der Waals surface area (Å²) in [5.41, 5.74) is 2.36. The molecule has 0 fully saturated rings. The Kier molecular flexibility index (Phi) is 5.25. The minimum absolute atomic E-state index is 0.131. The van der Waals surface area contributed by atoms with Crippen LogP contribution in [0.3, 0.4) is 0 Å². The average molecular weight is 335 g/mol. The number of fused-ring (bicyclic) bond motifs is 1. The minimum Gasteiger partial charge on any atom is -0.497 e. The Hall–Kier alpha value is -2.52. The van der Waals surface area contributed by atoms with Crippen molar-refractivity contribution in [3.63, 3.8) is 0 Å². The van der Waals surface area contributed by atoms with Crippen LogP contribution in [0.25, 0.3) is 10.8 Å². The molecule has 0 bridgehead atoms. The van der Waals surface area contributed by atoms with Crippen molar-refractivity contribution in [2.75, 3.05) is 14.2 Å². The second kappa shape index (κ2) is 7.58. The van der Waals surface area contributed by atoms with Gasteiger partial charge in [0, 0.05) is 17.6 Å². The first-order valence-corrected chi connectivity index (χ1v) is 8.59. The van der Waals surface area contributed by atoms with Crippen molar-refractivity contribution < 1.29 is 9.47 Å². The molecular formula is C22H25NO2. The van der Waals surface area contributed by atoms with Gasteiger partial charge in [0.1, 0.15) is 11.5 Å². The number of methoxy groups -OCH3 is 2. The summed E-state index contributed by atoms with van der Waals surface area (Å²) in [5.74, 6) is 1.70. The van der Waals surface area contributed by atoms with E-state index in [0.29, 0.717) is 0 Å². The summed E-state index contributed by atoms with van der Waals surface area (Å²) in [6.45, 7) is 4.34. The van der Waals surface area contributed by atoms with Crippen LogP contribution in [-0.4, -0.2) is 14.2 Å². The number of hydrogen-bond acceptors (Lipinski definition) is 3. The molecule has 3 aromatic carbocycles. The molecule has 0 aliphatic carbocycles. The Morgan fingerprint density at radius 1 is 0.760 bits per heavy atom. The van der Waals surface area contributed by atoms with Gasteiger partial charge < -0.3 is 14.8 Å². The molecule has 0 radical (unpaired) electrons. The van der Waals surface area contributed by atoms with Gasteiger partial charge in [-0.1, -0.05) is 36.4 Å². The molecule has 0 aliphatic rings. The topological polar surface area (TPSA) is 30.5 Å². The molecule has 0 amide bonds. The molecule has 0 aromatic heterocycles. The molecule has 3 nitrogen and oxygen atoms in total. The second-order valence-electron chi connectivity index (χ2n) is 6.32. The van der Waals surface area contributed by atoms with Gasteiger partial charge in [-0.25, -0.2) is 0 Å². The zero-order valence-corrected chi connectivity index (χ0v) is 15.2. The first-order valence-electron chi connectivity index (χ1n) is 8.59. The van der Waals surface area contributed by atoms with E-state index >= 15 is 0 Å². The predicted molar refractivity (Wildman–Crippen MR) is 103 cm³/mol. The zero-order chi connectivity index (χ0) is 17.8. The molecule has 3 rings (SSSR count). The van der Waals surface area contributed by atoms with Gasteiger partial charge in [-0.15, -0.1) is 0 Å². The number of ether oxygens (including phenoxy) is 2. The van der Waals surface area contributed by atoms with Crippen LogP contribution in [0.5, 0.6) is 11.5 Å². The maximum Gasteiger partial charge on any atom is 0.123 e. The lowest BCUT2D eigenvalue weighted by molar-refractivity contribution is 0.387. The highest BCUT2D eigenvalue weighted by Crippen LogP contribution is 2.31. The van der Waals surface area contributed by atoms with Gasteiger partial charge in [-0.3, -0.25) is 0 Å². The standard InChI is InChI=1S/C22H25NO2/c1-15(18-10-9-17-7-5-6-8-19(17)13-18)23-16(2)21-14-20(24-3)11-12-22(21)25-4/h5-16,23H,1-4H3/t15-,16+/m1/s1. The lowest BCUT2D eigenvalue weighted by atomic mass is 10.0. The molecule has 1 N–H and O–H groups in total. The van der Waals surface area contributed by atoms with E-state index in [1.807, 2.05) is 18.2 Å². The molecule has 0 saturated carbocycles. The summed E-state index contributed by atoms with van der Waals surface area (Å²) in [6, 6.07) is 21.3. The lowest BCUT2D eigenvalue weighted by Crippen LogP contribution is -2.23. The monoisotopic (exact) mass is 335 g/mol. The fourth-order valence-electron chi connectivity index (χ4n) is 3.22. The lowest BCUT2D eigenvalue weighted by Gasteiger charge is -2.23. The van der Waals surface area contributed by atoms with Crippen molar-refractivity contribution in [3.05, 3.63) is 71.8 Å². The van der Waals surface area contributed by atoms with Crippen LogP contribution in [0.2, 0.25) is 0 Å². The van der Waals surface area contributed by atoms with Crippen LogP contribution in [0.1, 0.15) is 37.1 Å². The van der Waals surface area contributed by atoms with Crippen molar-refractivity contribution in [3.8, 4) is 11.5 Å². The smallest absolute Gasteiger partial charge is 0.123 e. The third kappa shape index (κ3) is 3.77. The van der Waals surface area contributed by atoms with Gasteiger partial charge in [0.05, 0.1) is 14.2 Å². The Morgan fingerprint density at radius 2 is 1.52 bits per heavy atom. The maximum atomic E-state index is 5.52. The van der Waals surface area contributed by atoms with Crippen LogP contribution >= 0.6 is 0 Å². The summed E-state index contributed by atoms with van der Waals surface area (Å²) in [7, 11) is 3.38. The largest absolute Gasteiger partial charge is 0.497 e. The molecule has 0 saturated heterocycles. The van der Waals surface area contributed by atoms with Crippen LogP contribution in [0, 0.1) is 0 Å². The quantitative estimate of drug-likeness (QED) is 0.666. The third-order valence-corrected chi connectivity index (χ3v) is 4.68. The summed E-state index contributed by atoms with van der Waals surface area (Å²) in [6.07, 6.45) is 0. The summed E-state index contributed by atoms with van der Waals surface area (Å²) < 4.78 is 10.9. The fraction of sp³-hybridized carbons (Fsp3) is 0.273. The van der Waals surface area contributed by atoms with Crippen molar-refractivity contribution in [1.82, 2.24) is 5.32 Å². The molecule has 25 heavy (non-hydrogen) atoms. The van der Waals surface area contributed by atoms with Gasteiger partial charge >= 0.3 is 0 Å². The molecule has 130 valence electrons. The van der Waals surface area contributed by atoms with Crippen molar-refractivity contribution in [2.24, 2.45) is 0 Å².